The van der Waals surface area contributed by atoms with Gasteiger partial charge in [0.25, 0.3) is 5.91 Å². The molecule has 0 saturated carbocycles. The minimum Gasteiger partial charge on any atom is -0.382 e. The molecule has 1 saturated heterocycles. The van der Waals surface area contributed by atoms with Crippen LogP contribution in [0.4, 0.5) is 17.5 Å². The second-order valence-corrected chi connectivity index (χ2v) is 9.71. The smallest absolute Gasteiger partial charge is 0.281 e. The number of aromatic nitrogens is 3. The Labute approximate surface area is 199 Å². The van der Waals surface area contributed by atoms with E-state index in [1.165, 1.54) is 11.1 Å². The standard InChI is InChI=1S/C26H29N7O/c27-22-19-8-2-1-5-18(19)15-26(22)9-13-32(14-10-26)20-16-30-21(23(28)31-20)25(34)33-12-4-7-17-6-3-11-29-24(17)33/h1-3,5-6,8,11,16,22H,4,7,9-10,12-15,27H2,(H2,28,31)/t22-/m1/s1. The van der Waals surface area contributed by atoms with Gasteiger partial charge in [0.1, 0.15) is 11.6 Å². The average Bonchev–Trinajstić information content (AvgIpc) is 3.14. The molecule has 2 aromatic heterocycles. The van der Waals surface area contributed by atoms with E-state index in [9.17, 15) is 4.79 Å². The molecule has 8 heteroatoms. The number of pyridine rings is 1. The van der Waals surface area contributed by atoms with Gasteiger partial charge in [-0.1, -0.05) is 30.3 Å². The Kier molecular flexibility index (Phi) is 4.99. The number of aryl methyl sites for hydroxylation is 1. The molecule has 1 aliphatic carbocycles. The van der Waals surface area contributed by atoms with Gasteiger partial charge in [0.15, 0.2) is 11.5 Å². The van der Waals surface area contributed by atoms with Crippen molar-refractivity contribution in [2.24, 2.45) is 11.1 Å². The van der Waals surface area contributed by atoms with Crippen LogP contribution in [0.15, 0.2) is 48.8 Å². The van der Waals surface area contributed by atoms with Gasteiger partial charge in [-0.2, -0.15) is 0 Å². The quantitative estimate of drug-likeness (QED) is 0.611. The first-order chi connectivity index (χ1) is 16.6. The van der Waals surface area contributed by atoms with Crippen molar-refractivity contribution < 1.29 is 4.79 Å². The summed E-state index contributed by atoms with van der Waals surface area (Å²) in [4.78, 5) is 30.6. The van der Waals surface area contributed by atoms with Crippen LogP contribution in [0, 0.1) is 5.41 Å². The molecule has 1 fully saturated rings. The van der Waals surface area contributed by atoms with Crippen LogP contribution in [0.5, 0.6) is 0 Å². The molecule has 4 heterocycles. The normalized spacial score (nSPS) is 20.8. The number of nitrogens with two attached hydrogens (primary N) is 2. The summed E-state index contributed by atoms with van der Waals surface area (Å²) in [5.74, 6) is 1.32. The molecular weight excluding hydrogens is 426 g/mol. The van der Waals surface area contributed by atoms with Gasteiger partial charge in [-0.3, -0.25) is 9.69 Å². The van der Waals surface area contributed by atoms with E-state index < -0.39 is 0 Å². The fraction of sp³-hybridized carbons (Fsp3) is 0.385. The lowest BCUT2D eigenvalue weighted by molar-refractivity contribution is 0.0980. The molecule has 34 heavy (non-hydrogen) atoms. The van der Waals surface area contributed by atoms with Crippen molar-refractivity contribution in [3.8, 4) is 0 Å². The third-order valence-corrected chi connectivity index (χ3v) is 7.86. The van der Waals surface area contributed by atoms with Crippen molar-refractivity contribution in [1.29, 1.82) is 0 Å². The Bertz CT molecular complexity index is 1250. The number of hydrogen-bond donors (Lipinski definition) is 2. The molecule has 1 aromatic carbocycles. The van der Waals surface area contributed by atoms with Crippen molar-refractivity contribution in [2.45, 2.75) is 38.1 Å². The lowest BCUT2D eigenvalue weighted by Crippen LogP contribution is -2.44. The Morgan fingerprint density at radius 2 is 1.82 bits per heavy atom. The SMILES string of the molecule is Nc1nc(N2CCC3(CC2)Cc2ccccc2[C@H]3N)cnc1C(=O)N1CCCc2cccnc21. The summed E-state index contributed by atoms with van der Waals surface area (Å²) in [5, 5.41) is 0. The van der Waals surface area contributed by atoms with E-state index in [-0.39, 0.29) is 28.9 Å². The zero-order chi connectivity index (χ0) is 23.3. The molecule has 3 aliphatic rings. The van der Waals surface area contributed by atoms with E-state index in [0.717, 1.165) is 50.8 Å². The van der Waals surface area contributed by atoms with Gasteiger partial charge in [0, 0.05) is 31.9 Å². The molecule has 6 rings (SSSR count). The van der Waals surface area contributed by atoms with E-state index in [4.69, 9.17) is 11.5 Å². The van der Waals surface area contributed by atoms with Crippen LogP contribution in [-0.2, 0) is 12.8 Å². The van der Waals surface area contributed by atoms with Crippen molar-refractivity contribution in [3.05, 3.63) is 71.2 Å². The number of nitrogen functional groups attached to an aromatic ring is 1. The summed E-state index contributed by atoms with van der Waals surface area (Å²) in [7, 11) is 0. The highest BCUT2D eigenvalue weighted by Gasteiger charge is 2.46. The molecule has 4 N–H and O–H groups in total. The second-order valence-electron chi connectivity index (χ2n) is 9.71. The first kappa shape index (κ1) is 21.0. The Morgan fingerprint density at radius 1 is 1.03 bits per heavy atom. The topological polar surface area (TPSA) is 114 Å². The van der Waals surface area contributed by atoms with Crippen molar-refractivity contribution in [1.82, 2.24) is 15.0 Å². The Morgan fingerprint density at radius 3 is 2.62 bits per heavy atom. The predicted octanol–water partition coefficient (Wildman–Crippen LogP) is 2.89. The minimum absolute atomic E-state index is 0.0723. The van der Waals surface area contributed by atoms with Crippen molar-refractivity contribution in [2.75, 3.05) is 35.2 Å². The molecule has 8 nitrogen and oxygen atoms in total. The van der Waals surface area contributed by atoms with Crippen LogP contribution < -0.4 is 21.3 Å². The van der Waals surface area contributed by atoms with Crippen LogP contribution >= 0.6 is 0 Å². The summed E-state index contributed by atoms with van der Waals surface area (Å²) >= 11 is 0. The van der Waals surface area contributed by atoms with Crippen molar-refractivity contribution in [3.63, 3.8) is 0 Å². The summed E-state index contributed by atoms with van der Waals surface area (Å²) in [5.41, 5.74) is 17.0. The van der Waals surface area contributed by atoms with Crippen LogP contribution in [0.2, 0.25) is 0 Å². The van der Waals surface area contributed by atoms with Crippen LogP contribution in [0.1, 0.15) is 52.5 Å². The summed E-state index contributed by atoms with van der Waals surface area (Å²) in [6.07, 6.45) is 8.19. The van der Waals surface area contributed by atoms with Gasteiger partial charge in [0.05, 0.1) is 6.20 Å². The zero-order valence-electron chi connectivity index (χ0n) is 19.2. The van der Waals surface area contributed by atoms with E-state index in [2.05, 4.69) is 44.1 Å². The fourth-order valence-corrected chi connectivity index (χ4v) is 5.92. The summed E-state index contributed by atoms with van der Waals surface area (Å²) in [6.45, 7) is 2.28. The molecule has 0 unspecified atom stereocenters. The second kappa shape index (κ2) is 8.06. The number of nitrogens with zero attached hydrogens (tertiary/aromatic N) is 5. The highest BCUT2D eigenvalue weighted by atomic mass is 16.2. The van der Waals surface area contributed by atoms with E-state index in [0.29, 0.717) is 18.2 Å². The largest absolute Gasteiger partial charge is 0.382 e. The number of piperidine rings is 1. The molecule has 0 radical (unpaired) electrons. The average molecular weight is 456 g/mol. The zero-order valence-corrected chi connectivity index (χ0v) is 19.2. The number of amides is 1. The lowest BCUT2D eigenvalue weighted by atomic mass is 9.73. The van der Waals surface area contributed by atoms with Gasteiger partial charge in [-0.25, -0.2) is 15.0 Å². The molecule has 1 atom stereocenters. The lowest BCUT2D eigenvalue weighted by Gasteiger charge is -2.42. The molecule has 1 amide bonds. The van der Waals surface area contributed by atoms with Gasteiger partial charge in [0.2, 0.25) is 0 Å². The van der Waals surface area contributed by atoms with Gasteiger partial charge < -0.3 is 16.4 Å². The Hall–Kier alpha value is -3.52. The van der Waals surface area contributed by atoms with E-state index in [1.54, 1.807) is 17.3 Å². The van der Waals surface area contributed by atoms with Crippen LogP contribution in [0.3, 0.4) is 0 Å². The third-order valence-electron chi connectivity index (χ3n) is 7.86. The number of carbonyl (C=O) groups is 1. The van der Waals surface area contributed by atoms with Gasteiger partial charge in [-0.15, -0.1) is 0 Å². The summed E-state index contributed by atoms with van der Waals surface area (Å²) < 4.78 is 0. The van der Waals surface area contributed by atoms with Crippen molar-refractivity contribution >= 4 is 23.4 Å². The first-order valence-corrected chi connectivity index (χ1v) is 12.0. The monoisotopic (exact) mass is 455 g/mol. The highest BCUT2D eigenvalue weighted by Crippen LogP contribution is 2.50. The van der Waals surface area contributed by atoms with E-state index >= 15 is 0 Å². The maximum absolute atomic E-state index is 13.3. The fourth-order valence-electron chi connectivity index (χ4n) is 5.92. The number of benzene rings is 1. The number of rotatable bonds is 2. The molecule has 2 aliphatic heterocycles. The number of anilines is 3. The summed E-state index contributed by atoms with van der Waals surface area (Å²) in [6, 6.07) is 12.5. The van der Waals surface area contributed by atoms with Gasteiger partial charge in [-0.05, 0) is 60.3 Å². The minimum atomic E-state index is -0.247. The number of carbonyl (C=O) groups excluding carboxylic acids is 1. The van der Waals surface area contributed by atoms with E-state index in [1.807, 2.05) is 12.1 Å². The van der Waals surface area contributed by atoms with Gasteiger partial charge >= 0.3 is 0 Å². The molecule has 3 aromatic rings. The first-order valence-electron chi connectivity index (χ1n) is 12.0. The predicted molar refractivity (Wildman–Crippen MR) is 132 cm³/mol. The molecule has 174 valence electrons. The van der Waals surface area contributed by atoms with Crippen LogP contribution in [-0.4, -0.2) is 40.5 Å². The Balaban J connectivity index is 1.18. The molecule has 1 spiro atoms. The third kappa shape index (κ3) is 3.32. The highest BCUT2D eigenvalue weighted by molar-refractivity contribution is 6.07. The molecular formula is C26H29N7O. The number of fused-ring (bicyclic) bond motifs is 2. The maximum atomic E-state index is 13.3. The number of hydrogen-bond acceptors (Lipinski definition) is 7. The molecule has 0 bridgehead atoms. The maximum Gasteiger partial charge on any atom is 0.281 e. The van der Waals surface area contributed by atoms with Crippen LogP contribution in [0.25, 0.3) is 0 Å².